The number of benzene rings is 2. The summed E-state index contributed by atoms with van der Waals surface area (Å²) in [5.41, 5.74) is 3.09. The van der Waals surface area contributed by atoms with Gasteiger partial charge in [-0.05, 0) is 38.1 Å². The number of ether oxygens (including phenoxy) is 1. The van der Waals surface area contributed by atoms with E-state index in [4.69, 9.17) is 4.74 Å². The summed E-state index contributed by atoms with van der Waals surface area (Å²) in [5.74, 6) is -0.300. The number of carbonyl (C=O) groups is 1. The molecule has 0 spiro atoms. The lowest BCUT2D eigenvalue weighted by atomic mass is 10.0. The fraction of sp³-hybridized carbons (Fsp3) is 0.409. The number of nitrogens with zero attached hydrogens (tertiary/aromatic N) is 2. The highest BCUT2D eigenvalue weighted by Gasteiger charge is 2.35. The Morgan fingerprint density at radius 2 is 1.87 bits per heavy atom. The van der Waals surface area contributed by atoms with Gasteiger partial charge in [-0.25, -0.2) is 8.42 Å². The fourth-order valence-electron chi connectivity index (χ4n) is 3.96. The van der Waals surface area contributed by atoms with Crippen LogP contribution in [0.2, 0.25) is 0 Å². The molecule has 2 heterocycles. The Morgan fingerprint density at radius 3 is 2.67 bits per heavy atom. The van der Waals surface area contributed by atoms with Crippen molar-refractivity contribution in [2.24, 2.45) is 0 Å². The van der Waals surface area contributed by atoms with Crippen LogP contribution in [0.3, 0.4) is 0 Å². The summed E-state index contributed by atoms with van der Waals surface area (Å²) < 4.78 is 33.1. The summed E-state index contributed by atoms with van der Waals surface area (Å²) >= 11 is 0. The van der Waals surface area contributed by atoms with Crippen molar-refractivity contribution in [2.75, 3.05) is 50.2 Å². The molecule has 160 valence electrons. The van der Waals surface area contributed by atoms with Gasteiger partial charge < -0.3 is 10.1 Å². The third-order valence-electron chi connectivity index (χ3n) is 5.53. The van der Waals surface area contributed by atoms with Crippen molar-refractivity contribution in [1.82, 2.24) is 10.2 Å². The zero-order valence-corrected chi connectivity index (χ0v) is 18.0. The van der Waals surface area contributed by atoms with Gasteiger partial charge in [-0.2, -0.15) is 0 Å². The average molecular weight is 430 g/mol. The Morgan fingerprint density at radius 1 is 1.10 bits per heavy atom. The first-order valence-electron chi connectivity index (χ1n) is 10.3. The van der Waals surface area contributed by atoms with Crippen molar-refractivity contribution >= 4 is 21.6 Å². The molecule has 1 amide bonds. The van der Waals surface area contributed by atoms with Crippen molar-refractivity contribution in [3.05, 3.63) is 48.0 Å². The highest BCUT2D eigenvalue weighted by Crippen LogP contribution is 2.43. The van der Waals surface area contributed by atoms with Crippen LogP contribution in [0.5, 0.6) is 0 Å². The van der Waals surface area contributed by atoms with Gasteiger partial charge in [0.15, 0.2) is 0 Å². The predicted octanol–water partition coefficient (Wildman–Crippen LogP) is 2.01. The first-order chi connectivity index (χ1) is 14.5. The molecule has 0 unspecified atom stereocenters. The van der Waals surface area contributed by atoms with Gasteiger partial charge in [0.1, 0.15) is 6.54 Å². The molecule has 2 aromatic rings. The number of hydrogen-bond acceptors (Lipinski definition) is 5. The first-order valence-corrected chi connectivity index (χ1v) is 11.7. The molecule has 0 bridgehead atoms. The van der Waals surface area contributed by atoms with E-state index in [-0.39, 0.29) is 17.3 Å². The maximum absolute atomic E-state index is 13.3. The second-order valence-corrected chi connectivity index (χ2v) is 9.52. The second kappa shape index (κ2) is 8.75. The van der Waals surface area contributed by atoms with Crippen LogP contribution in [0.15, 0.2) is 47.4 Å². The molecule has 30 heavy (non-hydrogen) atoms. The fourth-order valence-corrected chi connectivity index (χ4v) is 5.61. The molecule has 7 nitrogen and oxygen atoms in total. The smallest absolute Gasteiger partial charge is 0.265 e. The molecule has 0 atom stereocenters. The lowest BCUT2D eigenvalue weighted by Crippen LogP contribution is -2.43. The Balaban J connectivity index is 1.46. The second-order valence-electron chi connectivity index (χ2n) is 7.69. The van der Waals surface area contributed by atoms with Crippen molar-refractivity contribution in [2.45, 2.75) is 18.2 Å². The largest absolute Gasteiger partial charge is 0.379 e. The number of hydrogen-bond donors (Lipinski definition) is 1. The van der Waals surface area contributed by atoms with Gasteiger partial charge in [-0.15, -0.1) is 0 Å². The summed E-state index contributed by atoms with van der Waals surface area (Å²) in [4.78, 5) is 15.1. The SMILES string of the molecule is Cc1ccc2c(c1)-c1ccccc1S(=O)(=O)N2CC(=O)NCCCN1CCOCC1. The number of nitrogens with one attached hydrogen (secondary N) is 1. The van der Waals surface area contributed by atoms with Gasteiger partial charge >= 0.3 is 0 Å². The minimum Gasteiger partial charge on any atom is -0.379 e. The molecule has 1 fully saturated rings. The van der Waals surface area contributed by atoms with E-state index in [1.165, 1.54) is 4.31 Å². The van der Waals surface area contributed by atoms with E-state index in [9.17, 15) is 13.2 Å². The third-order valence-corrected chi connectivity index (χ3v) is 7.35. The Labute approximate surface area is 177 Å². The van der Waals surface area contributed by atoms with E-state index < -0.39 is 10.0 Å². The molecule has 2 aromatic carbocycles. The monoisotopic (exact) mass is 429 g/mol. The number of morpholine rings is 1. The number of sulfonamides is 1. The van der Waals surface area contributed by atoms with Gasteiger partial charge in [0, 0.05) is 30.8 Å². The van der Waals surface area contributed by atoms with Crippen molar-refractivity contribution in [3.8, 4) is 11.1 Å². The molecule has 1 N–H and O–H groups in total. The maximum Gasteiger partial charge on any atom is 0.265 e. The molecule has 0 saturated carbocycles. The molecule has 0 aliphatic carbocycles. The number of fused-ring (bicyclic) bond motifs is 3. The predicted molar refractivity (Wildman–Crippen MR) is 116 cm³/mol. The van der Waals surface area contributed by atoms with Crippen LogP contribution in [0.4, 0.5) is 5.69 Å². The highest BCUT2D eigenvalue weighted by atomic mass is 32.2. The van der Waals surface area contributed by atoms with Crippen LogP contribution in [0, 0.1) is 6.92 Å². The summed E-state index contributed by atoms with van der Waals surface area (Å²) in [6, 6.07) is 12.6. The summed E-state index contributed by atoms with van der Waals surface area (Å²) in [6.45, 7) is 6.47. The van der Waals surface area contributed by atoms with Gasteiger partial charge in [0.05, 0.1) is 23.8 Å². The van der Waals surface area contributed by atoms with E-state index in [1.54, 1.807) is 18.2 Å². The zero-order chi connectivity index (χ0) is 21.1. The van der Waals surface area contributed by atoms with Crippen LogP contribution in [-0.4, -0.2) is 65.2 Å². The topological polar surface area (TPSA) is 79.0 Å². The number of carbonyl (C=O) groups excluding carboxylic acids is 1. The Bertz CT molecular complexity index is 1030. The van der Waals surface area contributed by atoms with Crippen molar-refractivity contribution in [1.29, 1.82) is 0 Å². The van der Waals surface area contributed by atoms with E-state index in [2.05, 4.69) is 10.2 Å². The van der Waals surface area contributed by atoms with Crippen LogP contribution in [0.1, 0.15) is 12.0 Å². The van der Waals surface area contributed by atoms with Crippen LogP contribution in [0.25, 0.3) is 11.1 Å². The standard InChI is InChI=1S/C22H27N3O4S/c1-17-7-8-20-19(15-17)18-5-2-3-6-21(18)30(27,28)25(20)16-22(26)23-9-4-10-24-11-13-29-14-12-24/h2-3,5-8,15H,4,9-14,16H2,1H3,(H,23,26). The van der Waals surface area contributed by atoms with Crippen LogP contribution in [-0.2, 0) is 19.6 Å². The Kier molecular flexibility index (Phi) is 6.08. The molecule has 8 heteroatoms. The van der Waals surface area contributed by atoms with E-state index in [1.807, 2.05) is 31.2 Å². The molecule has 2 aliphatic heterocycles. The summed E-state index contributed by atoms with van der Waals surface area (Å²) in [6.07, 6.45) is 0.817. The van der Waals surface area contributed by atoms with Crippen LogP contribution < -0.4 is 9.62 Å². The lowest BCUT2D eigenvalue weighted by Gasteiger charge is -2.32. The first kappa shape index (κ1) is 20.8. The molecule has 0 radical (unpaired) electrons. The average Bonchev–Trinajstić information content (AvgIpc) is 2.75. The minimum atomic E-state index is -3.80. The molecule has 2 aliphatic rings. The van der Waals surface area contributed by atoms with E-state index >= 15 is 0 Å². The third kappa shape index (κ3) is 4.21. The number of amides is 1. The highest BCUT2D eigenvalue weighted by molar-refractivity contribution is 7.93. The molecule has 1 saturated heterocycles. The minimum absolute atomic E-state index is 0.232. The van der Waals surface area contributed by atoms with E-state index in [0.29, 0.717) is 17.8 Å². The molecular formula is C22H27N3O4S. The van der Waals surface area contributed by atoms with Crippen molar-refractivity contribution < 1.29 is 17.9 Å². The van der Waals surface area contributed by atoms with Gasteiger partial charge in [-0.3, -0.25) is 14.0 Å². The molecule has 0 aromatic heterocycles. The Hall–Kier alpha value is -2.42. The van der Waals surface area contributed by atoms with Crippen LogP contribution >= 0.6 is 0 Å². The molecule has 4 rings (SSSR count). The van der Waals surface area contributed by atoms with Gasteiger partial charge in [0.2, 0.25) is 5.91 Å². The number of rotatable bonds is 6. The summed E-state index contributed by atoms with van der Waals surface area (Å²) in [7, 11) is -3.80. The zero-order valence-electron chi connectivity index (χ0n) is 17.1. The quantitative estimate of drug-likeness (QED) is 0.711. The normalized spacial score (nSPS) is 17.8. The van der Waals surface area contributed by atoms with E-state index in [0.717, 1.165) is 50.4 Å². The van der Waals surface area contributed by atoms with Gasteiger partial charge in [0.25, 0.3) is 10.0 Å². The maximum atomic E-state index is 13.3. The van der Waals surface area contributed by atoms with Crippen molar-refractivity contribution in [3.63, 3.8) is 0 Å². The summed E-state index contributed by atoms with van der Waals surface area (Å²) in [5, 5.41) is 2.87. The number of aryl methyl sites for hydroxylation is 1. The lowest BCUT2D eigenvalue weighted by molar-refractivity contribution is -0.119. The number of anilines is 1. The van der Waals surface area contributed by atoms with Gasteiger partial charge in [-0.1, -0.05) is 29.8 Å². The molecular weight excluding hydrogens is 402 g/mol.